The Morgan fingerprint density at radius 2 is 2.44 bits per heavy atom. The van der Waals surface area contributed by atoms with Gasteiger partial charge in [-0.05, 0) is 36.4 Å². The minimum atomic E-state index is -0.00703. The number of aryl methyl sites for hydroxylation is 1. The molecule has 1 amide bonds. The molecule has 3 rings (SSSR count). The quantitative estimate of drug-likeness (QED) is 0.806. The van der Waals surface area contributed by atoms with Crippen molar-refractivity contribution in [3.63, 3.8) is 0 Å². The smallest absolute Gasteiger partial charge is 0.255 e. The third-order valence-corrected chi connectivity index (χ3v) is 3.89. The Bertz CT molecular complexity index is 501. The van der Waals surface area contributed by atoms with Gasteiger partial charge in [0, 0.05) is 5.70 Å². The Kier molecular flexibility index (Phi) is 2.11. The van der Waals surface area contributed by atoms with Crippen molar-refractivity contribution in [3.8, 4) is 0 Å². The third kappa shape index (κ3) is 1.38. The van der Waals surface area contributed by atoms with Crippen molar-refractivity contribution in [3.05, 3.63) is 40.9 Å². The molecule has 4 heteroatoms. The molecular formula is C12H12N2OS. The molecule has 0 bridgehead atoms. The Morgan fingerprint density at radius 1 is 1.56 bits per heavy atom. The molecule has 1 atom stereocenters. The Labute approximate surface area is 98.0 Å². The number of fused-ring (bicyclic) bond motifs is 1. The third-order valence-electron chi connectivity index (χ3n) is 2.86. The first-order chi connectivity index (χ1) is 7.75. The van der Waals surface area contributed by atoms with E-state index in [2.05, 4.69) is 10.8 Å². The van der Waals surface area contributed by atoms with Crippen LogP contribution in [0.15, 0.2) is 35.4 Å². The van der Waals surface area contributed by atoms with Crippen LogP contribution in [-0.4, -0.2) is 5.91 Å². The van der Waals surface area contributed by atoms with E-state index in [1.165, 1.54) is 5.56 Å². The van der Waals surface area contributed by atoms with Crippen molar-refractivity contribution in [2.24, 2.45) is 5.92 Å². The number of carbonyl (C=O) groups is 1. The standard InChI is InChI=1S/C12H12N2OS/c1-8-6-11(16-7-8)14-12(15)9-4-2-3-5-10(9)13-14/h2-3,5-7,9,13H,4H2,1H3. The lowest BCUT2D eigenvalue weighted by Crippen LogP contribution is -2.33. The fourth-order valence-corrected chi connectivity index (χ4v) is 2.89. The van der Waals surface area contributed by atoms with Crippen LogP contribution in [0.25, 0.3) is 0 Å². The zero-order valence-corrected chi connectivity index (χ0v) is 9.75. The van der Waals surface area contributed by atoms with Crippen molar-refractivity contribution in [2.45, 2.75) is 13.3 Å². The Hall–Kier alpha value is -1.55. The van der Waals surface area contributed by atoms with E-state index in [1.54, 1.807) is 16.3 Å². The number of anilines is 1. The molecule has 82 valence electrons. The van der Waals surface area contributed by atoms with Crippen LogP contribution in [0.1, 0.15) is 12.0 Å². The first kappa shape index (κ1) is 9.66. The number of hydrogen-bond donors (Lipinski definition) is 1. The molecule has 0 radical (unpaired) electrons. The van der Waals surface area contributed by atoms with Gasteiger partial charge in [0.2, 0.25) is 0 Å². The second-order valence-electron chi connectivity index (χ2n) is 4.09. The summed E-state index contributed by atoms with van der Waals surface area (Å²) in [5, 5.41) is 4.69. The first-order valence-corrected chi connectivity index (χ1v) is 6.16. The second-order valence-corrected chi connectivity index (χ2v) is 4.98. The maximum atomic E-state index is 12.1. The number of allylic oxidation sites excluding steroid dienone is 3. The van der Waals surface area contributed by atoms with E-state index in [9.17, 15) is 4.79 Å². The van der Waals surface area contributed by atoms with Gasteiger partial charge in [0.15, 0.2) is 0 Å². The van der Waals surface area contributed by atoms with E-state index in [4.69, 9.17) is 0 Å². The van der Waals surface area contributed by atoms with Gasteiger partial charge in [0.1, 0.15) is 5.00 Å². The van der Waals surface area contributed by atoms with E-state index < -0.39 is 0 Å². The summed E-state index contributed by atoms with van der Waals surface area (Å²) in [7, 11) is 0. The Morgan fingerprint density at radius 3 is 3.12 bits per heavy atom. The lowest BCUT2D eigenvalue weighted by atomic mass is 9.98. The number of thiophene rings is 1. The summed E-state index contributed by atoms with van der Waals surface area (Å²) in [5.41, 5.74) is 5.38. The molecule has 16 heavy (non-hydrogen) atoms. The van der Waals surface area contributed by atoms with Crippen molar-refractivity contribution < 1.29 is 4.79 Å². The maximum absolute atomic E-state index is 12.1. The summed E-state index contributed by atoms with van der Waals surface area (Å²) in [4.78, 5) is 12.1. The van der Waals surface area contributed by atoms with Crippen LogP contribution >= 0.6 is 11.3 Å². The number of hydrazine groups is 1. The molecule has 0 aromatic carbocycles. The summed E-state index contributed by atoms with van der Waals surface area (Å²) in [6.45, 7) is 2.04. The first-order valence-electron chi connectivity index (χ1n) is 5.28. The molecule has 2 heterocycles. The lowest BCUT2D eigenvalue weighted by molar-refractivity contribution is -0.119. The number of amides is 1. The van der Waals surface area contributed by atoms with E-state index in [0.29, 0.717) is 0 Å². The monoisotopic (exact) mass is 232 g/mol. The van der Waals surface area contributed by atoms with Crippen LogP contribution in [0, 0.1) is 12.8 Å². The molecule has 1 aliphatic carbocycles. The molecule has 3 nitrogen and oxygen atoms in total. The fraction of sp³-hybridized carbons (Fsp3) is 0.250. The molecular weight excluding hydrogens is 220 g/mol. The normalized spacial score (nSPS) is 23.1. The van der Waals surface area contributed by atoms with Crippen molar-refractivity contribution >= 4 is 22.2 Å². The predicted octanol–water partition coefficient (Wildman–Crippen LogP) is 2.37. The van der Waals surface area contributed by atoms with E-state index in [-0.39, 0.29) is 11.8 Å². The van der Waals surface area contributed by atoms with Crippen LogP contribution in [0.2, 0.25) is 0 Å². The van der Waals surface area contributed by atoms with Crippen LogP contribution in [0.3, 0.4) is 0 Å². The second kappa shape index (κ2) is 3.49. The van der Waals surface area contributed by atoms with Gasteiger partial charge >= 0.3 is 0 Å². The highest BCUT2D eigenvalue weighted by Crippen LogP contribution is 2.33. The minimum Gasteiger partial charge on any atom is -0.294 e. The molecule has 2 aliphatic rings. The number of hydrogen-bond acceptors (Lipinski definition) is 3. The molecule has 1 aromatic rings. The van der Waals surface area contributed by atoms with Gasteiger partial charge in [-0.3, -0.25) is 10.2 Å². The topological polar surface area (TPSA) is 32.3 Å². The fourth-order valence-electron chi connectivity index (χ4n) is 2.02. The Balaban J connectivity index is 1.93. The van der Waals surface area contributed by atoms with Crippen molar-refractivity contribution in [2.75, 3.05) is 5.01 Å². The van der Waals surface area contributed by atoms with E-state index in [0.717, 1.165) is 17.1 Å². The average molecular weight is 232 g/mol. The van der Waals surface area contributed by atoms with Gasteiger partial charge in [-0.1, -0.05) is 12.2 Å². The van der Waals surface area contributed by atoms with Crippen LogP contribution in [0.5, 0.6) is 0 Å². The summed E-state index contributed by atoms with van der Waals surface area (Å²) in [6, 6.07) is 2.03. The maximum Gasteiger partial charge on any atom is 0.255 e. The molecule has 1 N–H and O–H groups in total. The van der Waals surface area contributed by atoms with E-state index in [1.807, 2.05) is 31.2 Å². The largest absolute Gasteiger partial charge is 0.294 e. The van der Waals surface area contributed by atoms with Gasteiger partial charge in [0.25, 0.3) is 5.91 Å². The molecule has 0 spiro atoms. The summed E-state index contributed by atoms with van der Waals surface area (Å²) < 4.78 is 0. The molecule has 1 unspecified atom stereocenters. The average Bonchev–Trinajstić information content (AvgIpc) is 2.84. The highest BCUT2D eigenvalue weighted by molar-refractivity contribution is 7.14. The van der Waals surface area contributed by atoms with Crippen molar-refractivity contribution in [1.82, 2.24) is 5.43 Å². The van der Waals surface area contributed by atoms with Crippen LogP contribution in [-0.2, 0) is 4.79 Å². The molecule has 1 saturated heterocycles. The van der Waals surface area contributed by atoms with Gasteiger partial charge in [-0.15, -0.1) is 11.3 Å². The summed E-state index contributed by atoms with van der Waals surface area (Å²) >= 11 is 1.59. The molecule has 0 saturated carbocycles. The van der Waals surface area contributed by atoms with E-state index >= 15 is 0 Å². The number of rotatable bonds is 1. The predicted molar refractivity (Wildman–Crippen MR) is 65.0 cm³/mol. The lowest BCUT2D eigenvalue weighted by Gasteiger charge is -2.13. The molecule has 1 aromatic heterocycles. The SMILES string of the molecule is Cc1csc(N2NC3=CC=CCC3C2=O)c1. The highest BCUT2D eigenvalue weighted by Gasteiger charge is 2.37. The van der Waals surface area contributed by atoms with Crippen molar-refractivity contribution in [1.29, 1.82) is 0 Å². The minimum absolute atomic E-state index is 0.00703. The van der Waals surface area contributed by atoms with Gasteiger partial charge in [-0.25, -0.2) is 5.01 Å². The number of nitrogens with zero attached hydrogens (tertiary/aromatic N) is 1. The van der Waals surface area contributed by atoms with Gasteiger partial charge < -0.3 is 0 Å². The summed E-state index contributed by atoms with van der Waals surface area (Å²) in [6.07, 6.45) is 6.82. The zero-order valence-electron chi connectivity index (χ0n) is 8.93. The molecule has 1 fully saturated rings. The van der Waals surface area contributed by atoms with Gasteiger partial charge in [0.05, 0.1) is 5.92 Å². The van der Waals surface area contributed by atoms with Crippen LogP contribution < -0.4 is 10.4 Å². The molecule has 1 aliphatic heterocycles. The summed E-state index contributed by atoms with van der Waals surface area (Å²) in [5.74, 6) is 0.143. The van der Waals surface area contributed by atoms with Crippen LogP contribution in [0.4, 0.5) is 5.00 Å². The number of nitrogens with one attached hydrogen (secondary N) is 1. The zero-order chi connectivity index (χ0) is 11.1. The van der Waals surface area contributed by atoms with Gasteiger partial charge in [-0.2, -0.15) is 0 Å². The number of carbonyl (C=O) groups excluding carboxylic acids is 1. The highest BCUT2D eigenvalue weighted by atomic mass is 32.1.